The Morgan fingerprint density at radius 3 is 2.72 bits per heavy atom. The number of rotatable bonds is 5. The van der Waals surface area contributed by atoms with Crippen LogP contribution >= 0.6 is 0 Å². The van der Waals surface area contributed by atoms with Gasteiger partial charge in [-0.05, 0) is 25.5 Å². The van der Waals surface area contributed by atoms with Crippen molar-refractivity contribution in [1.82, 2.24) is 10.2 Å². The van der Waals surface area contributed by atoms with Crippen molar-refractivity contribution < 1.29 is 0 Å². The fraction of sp³-hybridized carbons (Fsp3) is 0.500. The van der Waals surface area contributed by atoms with Crippen molar-refractivity contribution in [2.24, 2.45) is 0 Å². The summed E-state index contributed by atoms with van der Waals surface area (Å²) in [6.45, 7) is 8.75. The standard InChI is InChI=1S/C16H24N2/c1-3-17-12-16(15-9-5-4-6-10-15)18-11-7-8-14(2)13-18/h4-6,8-10,16-17H,3,7,11-13H2,1-2H3. The van der Waals surface area contributed by atoms with E-state index in [-0.39, 0.29) is 0 Å². The zero-order valence-corrected chi connectivity index (χ0v) is 11.5. The Balaban J connectivity index is 2.12. The topological polar surface area (TPSA) is 15.3 Å². The van der Waals surface area contributed by atoms with Crippen molar-refractivity contribution in [2.75, 3.05) is 26.2 Å². The van der Waals surface area contributed by atoms with Gasteiger partial charge in [-0.2, -0.15) is 0 Å². The molecule has 0 aromatic heterocycles. The van der Waals surface area contributed by atoms with E-state index >= 15 is 0 Å². The molecule has 0 saturated heterocycles. The Morgan fingerprint density at radius 2 is 2.06 bits per heavy atom. The Hall–Kier alpha value is -1.12. The molecule has 18 heavy (non-hydrogen) atoms. The van der Waals surface area contributed by atoms with Gasteiger partial charge < -0.3 is 5.32 Å². The predicted octanol–water partition coefficient (Wildman–Crippen LogP) is 2.99. The third-order valence-electron chi connectivity index (χ3n) is 3.57. The molecule has 0 aliphatic carbocycles. The van der Waals surface area contributed by atoms with Gasteiger partial charge in [0.15, 0.2) is 0 Å². The van der Waals surface area contributed by atoms with Crippen molar-refractivity contribution in [1.29, 1.82) is 0 Å². The third-order valence-corrected chi connectivity index (χ3v) is 3.57. The number of nitrogens with zero attached hydrogens (tertiary/aromatic N) is 1. The molecule has 1 aromatic rings. The van der Waals surface area contributed by atoms with Gasteiger partial charge in [0.25, 0.3) is 0 Å². The first-order valence-electron chi connectivity index (χ1n) is 6.96. The summed E-state index contributed by atoms with van der Waals surface area (Å²) in [6, 6.07) is 11.4. The van der Waals surface area contributed by atoms with Gasteiger partial charge in [-0.3, -0.25) is 4.90 Å². The average molecular weight is 244 g/mol. The summed E-state index contributed by atoms with van der Waals surface area (Å²) in [5, 5.41) is 3.50. The van der Waals surface area contributed by atoms with E-state index in [2.05, 4.69) is 60.5 Å². The molecule has 0 fully saturated rings. The number of benzene rings is 1. The molecule has 2 rings (SSSR count). The molecule has 0 radical (unpaired) electrons. The summed E-state index contributed by atoms with van der Waals surface area (Å²) < 4.78 is 0. The van der Waals surface area contributed by atoms with E-state index in [9.17, 15) is 0 Å². The molecular weight excluding hydrogens is 220 g/mol. The minimum atomic E-state index is 0.495. The molecule has 0 saturated carbocycles. The maximum atomic E-state index is 3.50. The van der Waals surface area contributed by atoms with Gasteiger partial charge in [-0.15, -0.1) is 0 Å². The van der Waals surface area contributed by atoms with Crippen LogP contribution in [0, 0.1) is 0 Å². The first-order valence-corrected chi connectivity index (χ1v) is 6.96. The lowest BCUT2D eigenvalue weighted by atomic mass is 10.0. The van der Waals surface area contributed by atoms with Crippen LogP contribution in [-0.2, 0) is 0 Å². The fourth-order valence-electron chi connectivity index (χ4n) is 2.62. The largest absolute Gasteiger partial charge is 0.315 e. The summed E-state index contributed by atoms with van der Waals surface area (Å²) in [6.07, 6.45) is 3.55. The van der Waals surface area contributed by atoms with Crippen LogP contribution in [0.5, 0.6) is 0 Å². The summed E-state index contributed by atoms with van der Waals surface area (Å²) in [5.74, 6) is 0. The van der Waals surface area contributed by atoms with Crippen LogP contribution < -0.4 is 5.32 Å². The van der Waals surface area contributed by atoms with E-state index in [0.29, 0.717) is 6.04 Å². The van der Waals surface area contributed by atoms with Gasteiger partial charge in [-0.1, -0.05) is 48.9 Å². The predicted molar refractivity (Wildman–Crippen MR) is 77.7 cm³/mol. The summed E-state index contributed by atoms with van der Waals surface area (Å²) in [7, 11) is 0. The van der Waals surface area contributed by atoms with Crippen LogP contribution in [0.3, 0.4) is 0 Å². The van der Waals surface area contributed by atoms with Crippen molar-refractivity contribution >= 4 is 0 Å². The van der Waals surface area contributed by atoms with Crippen molar-refractivity contribution in [3.05, 3.63) is 47.5 Å². The first kappa shape index (κ1) is 13.3. The van der Waals surface area contributed by atoms with Crippen LogP contribution in [0.15, 0.2) is 42.0 Å². The number of likely N-dealkylation sites (N-methyl/N-ethyl adjacent to an activating group) is 1. The number of nitrogens with one attached hydrogen (secondary N) is 1. The van der Waals surface area contributed by atoms with Gasteiger partial charge in [0.05, 0.1) is 0 Å². The molecule has 0 spiro atoms. The summed E-state index contributed by atoms with van der Waals surface area (Å²) in [4.78, 5) is 2.59. The van der Waals surface area contributed by atoms with E-state index in [0.717, 1.165) is 19.6 Å². The molecule has 0 amide bonds. The van der Waals surface area contributed by atoms with Crippen LogP contribution in [-0.4, -0.2) is 31.1 Å². The highest BCUT2D eigenvalue weighted by Crippen LogP contribution is 2.23. The van der Waals surface area contributed by atoms with Crippen molar-refractivity contribution in [3.63, 3.8) is 0 Å². The Morgan fingerprint density at radius 1 is 1.28 bits per heavy atom. The minimum absolute atomic E-state index is 0.495. The zero-order chi connectivity index (χ0) is 12.8. The Labute approximate surface area is 111 Å². The average Bonchev–Trinajstić information content (AvgIpc) is 2.40. The number of hydrogen-bond acceptors (Lipinski definition) is 2. The second-order valence-electron chi connectivity index (χ2n) is 5.04. The maximum absolute atomic E-state index is 3.50. The van der Waals surface area contributed by atoms with Crippen LogP contribution in [0.1, 0.15) is 31.9 Å². The molecule has 0 bridgehead atoms. The second-order valence-corrected chi connectivity index (χ2v) is 5.04. The van der Waals surface area contributed by atoms with E-state index < -0.39 is 0 Å². The fourth-order valence-corrected chi connectivity index (χ4v) is 2.62. The second kappa shape index (κ2) is 6.72. The van der Waals surface area contributed by atoms with E-state index in [1.807, 2.05) is 0 Å². The highest BCUT2D eigenvalue weighted by atomic mass is 15.2. The van der Waals surface area contributed by atoms with E-state index in [4.69, 9.17) is 0 Å². The molecule has 1 atom stereocenters. The van der Waals surface area contributed by atoms with Crippen LogP contribution in [0.25, 0.3) is 0 Å². The lowest BCUT2D eigenvalue weighted by Gasteiger charge is -2.34. The highest BCUT2D eigenvalue weighted by molar-refractivity contribution is 5.21. The summed E-state index contributed by atoms with van der Waals surface area (Å²) in [5.41, 5.74) is 2.92. The quantitative estimate of drug-likeness (QED) is 0.801. The highest BCUT2D eigenvalue weighted by Gasteiger charge is 2.21. The van der Waals surface area contributed by atoms with Gasteiger partial charge in [0.2, 0.25) is 0 Å². The normalized spacial score (nSPS) is 18.4. The van der Waals surface area contributed by atoms with Gasteiger partial charge in [0.1, 0.15) is 0 Å². The van der Waals surface area contributed by atoms with E-state index in [1.165, 1.54) is 24.1 Å². The third kappa shape index (κ3) is 3.44. The SMILES string of the molecule is CCNCC(c1ccccc1)N1CCC=C(C)C1. The summed E-state index contributed by atoms with van der Waals surface area (Å²) >= 11 is 0. The monoisotopic (exact) mass is 244 g/mol. The first-order chi connectivity index (χ1) is 8.81. The Kier molecular flexibility index (Phi) is 4.97. The minimum Gasteiger partial charge on any atom is -0.315 e. The van der Waals surface area contributed by atoms with E-state index in [1.54, 1.807) is 0 Å². The van der Waals surface area contributed by atoms with Gasteiger partial charge in [0, 0.05) is 25.7 Å². The lowest BCUT2D eigenvalue weighted by molar-refractivity contribution is 0.205. The van der Waals surface area contributed by atoms with Crippen molar-refractivity contribution in [3.8, 4) is 0 Å². The number of hydrogen-bond donors (Lipinski definition) is 1. The molecule has 1 aliphatic heterocycles. The molecule has 1 aromatic carbocycles. The lowest BCUT2D eigenvalue weighted by Crippen LogP contribution is -2.38. The molecule has 98 valence electrons. The van der Waals surface area contributed by atoms with Gasteiger partial charge >= 0.3 is 0 Å². The zero-order valence-electron chi connectivity index (χ0n) is 11.5. The van der Waals surface area contributed by atoms with Crippen molar-refractivity contribution in [2.45, 2.75) is 26.3 Å². The molecule has 2 heteroatoms. The molecule has 1 heterocycles. The molecule has 2 nitrogen and oxygen atoms in total. The molecular formula is C16H24N2. The van der Waals surface area contributed by atoms with Gasteiger partial charge in [-0.25, -0.2) is 0 Å². The molecule has 1 N–H and O–H groups in total. The van der Waals surface area contributed by atoms with Crippen LogP contribution in [0.2, 0.25) is 0 Å². The molecule has 1 unspecified atom stereocenters. The van der Waals surface area contributed by atoms with Crippen LogP contribution in [0.4, 0.5) is 0 Å². The smallest absolute Gasteiger partial charge is 0.0476 e. The Bertz CT molecular complexity index is 383. The molecule has 1 aliphatic rings. The maximum Gasteiger partial charge on any atom is 0.0476 e.